The second-order valence-corrected chi connectivity index (χ2v) is 14.7. The summed E-state index contributed by atoms with van der Waals surface area (Å²) in [5, 5.41) is 0. The van der Waals surface area contributed by atoms with E-state index >= 15 is 0 Å². The van der Waals surface area contributed by atoms with Gasteiger partial charge >= 0.3 is 11.9 Å². The zero-order valence-electron chi connectivity index (χ0n) is 29.1. The Balaban J connectivity index is 4.26. The number of esters is 2. The minimum atomic E-state index is -4.60. The Hall–Kier alpha value is -0.990. The first-order chi connectivity index (χ1) is 21.0. The summed E-state index contributed by atoms with van der Waals surface area (Å²) >= 11 is 0. The molecular weight excluding hydrogens is 581 g/mol. The first-order valence-electron chi connectivity index (χ1n) is 17.7. The number of phosphoric acid groups is 1. The molecule has 1 unspecified atom stereocenters. The minimum Gasteiger partial charge on any atom is -0.756 e. The van der Waals surface area contributed by atoms with Crippen LogP contribution in [0.5, 0.6) is 0 Å². The largest absolute Gasteiger partial charge is 0.756 e. The predicted molar refractivity (Wildman–Crippen MR) is 176 cm³/mol. The van der Waals surface area contributed by atoms with Crippen molar-refractivity contribution in [1.82, 2.24) is 0 Å². The molecule has 0 saturated heterocycles. The van der Waals surface area contributed by atoms with Crippen molar-refractivity contribution in [2.75, 3.05) is 47.5 Å². The molecule has 0 N–H and O–H groups in total. The summed E-state index contributed by atoms with van der Waals surface area (Å²) in [7, 11) is 1.17. The third-order valence-electron chi connectivity index (χ3n) is 7.63. The van der Waals surface area contributed by atoms with Crippen LogP contribution in [0, 0.1) is 0 Å². The van der Waals surface area contributed by atoms with Crippen molar-refractivity contribution < 1.29 is 42.1 Å². The SMILES string of the molecule is CCCCCCCCCCCCCCCCCC(=O)OC[C@H](COP(=O)([O-])OCC[N+](C)(C)C)OC(=O)CCCCCCC. The van der Waals surface area contributed by atoms with Crippen LogP contribution in [0.3, 0.4) is 0 Å². The number of hydrogen-bond donors (Lipinski definition) is 0. The molecular formula is C34H68NO8P. The van der Waals surface area contributed by atoms with Gasteiger partial charge in [-0.05, 0) is 12.8 Å². The molecule has 0 radical (unpaired) electrons. The summed E-state index contributed by atoms with van der Waals surface area (Å²) in [5.74, 6) is -0.843. The van der Waals surface area contributed by atoms with E-state index in [1.54, 1.807) is 0 Å². The third-order valence-corrected chi connectivity index (χ3v) is 8.59. The monoisotopic (exact) mass is 649 g/mol. The van der Waals surface area contributed by atoms with Crippen molar-refractivity contribution in [3.63, 3.8) is 0 Å². The number of carbonyl (C=O) groups is 2. The topological polar surface area (TPSA) is 111 Å². The average Bonchev–Trinajstić information content (AvgIpc) is 2.95. The molecule has 2 atom stereocenters. The summed E-state index contributed by atoms with van der Waals surface area (Å²) in [4.78, 5) is 36.9. The van der Waals surface area contributed by atoms with Gasteiger partial charge in [-0.15, -0.1) is 0 Å². The van der Waals surface area contributed by atoms with Crippen molar-refractivity contribution in [2.24, 2.45) is 0 Å². The Kier molecular flexibility index (Phi) is 27.6. The lowest BCUT2D eigenvalue weighted by molar-refractivity contribution is -0.870. The fraction of sp³-hybridized carbons (Fsp3) is 0.941. The normalized spacial score (nSPS) is 13.9. The number of unbranched alkanes of at least 4 members (excludes halogenated alkanes) is 18. The zero-order valence-corrected chi connectivity index (χ0v) is 30.0. The average molecular weight is 650 g/mol. The predicted octanol–water partition coefficient (Wildman–Crippen LogP) is 8.27. The molecule has 0 bridgehead atoms. The zero-order chi connectivity index (χ0) is 32.9. The molecule has 0 amide bonds. The fourth-order valence-corrected chi connectivity index (χ4v) is 5.50. The van der Waals surface area contributed by atoms with Gasteiger partial charge in [0.05, 0.1) is 27.7 Å². The number of hydrogen-bond acceptors (Lipinski definition) is 8. The Morgan fingerprint density at radius 3 is 1.45 bits per heavy atom. The highest BCUT2D eigenvalue weighted by atomic mass is 31.2. The molecule has 0 spiro atoms. The van der Waals surface area contributed by atoms with Crippen molar-refractivity contribution in [3.8, 4) is 0 Å². The summed E-state index contributed by atoms with van der Waals surface area (Å²) in [6.45, 7) is 4.12. The Morgan fingerprint density at radius 2 is 1.02 bits per heavy atom. The standard InChI is InChI=1S/C34H68NO8P/c1-6-8-10-12-13-14-15-16-17-18-19-20-21-23-24-26-33(36)40-30-32(43-34(37)27-25-22-11-9-7-2)31-42-44(38,39)41-29-28-35(3,4)5/h32H,6-31H2,1-5H3/t32-/m1/s1. The molecule has 0 aromatic heterocycles. The van der Waals surface area contributed by atoms with Crippen LogP contribution in [0.25, 0.3) is 0 Å². The van der Waals surface area contributed by atoms with Crippen molar-refractivity contribution >= 4 is 19.8 Å². The van der Waals surface area contributed by atoms with Crippen LogP contribution in [-0.4, -0.2) is 70.0 Å². The molecule has 0 saturated carbocycles. The maximum absolute atomic E-state index is 12.4. The number of rotatable bonds is 32. The van der Waals surface area contributed by atoms with Crippen LogP contribution < -0.4 is 4.89 Å². The van der Waals surface area contributed by atoms with E-state index in [0.717, 1.165) is 44.9 Å². The summed E-state index contributed by atoms with van der Waals surface area (Å²) < 4.78 is 33.5. The molecule has 9 nitrogen and oxygen atoms in total. The van der Waals surface area contributed by atoms with Crippen molar-refractivity contribution in [3.05, 3.63) is 0 Å². The number of phosphoric ester groups is 1. The highest BCUT2D eigenvalue weighted by Gasteiger charge is 2.21. The number of ether oxygens (including phenoxy) is 2. The molecule has 262 valence electrons. The lowest BCUT2D eigenvalue weighted by Crippen LogP contribution is -2.37. The smallest absolute Gasteiger partial charge is 0.306 e. The maximum atomic E-state index is 12.4. The van der Waals surface area contributed by atoms with Crippen LogP contribution in [-0.2, 0) is 32.7 Å². The van der Waals surface area contributed by atoms with Crippen LogP contribution in [0.1, 0.15) is 155 Å². The second-order valence-electron chi connectivity index (χ2n) is 13.2. The second kappa shape index (κ2) is 28.3. The molecule has 0 aromatic rings. The lowest BCUT2D eigenvalue weighted by atomic mass is 10.0. The van der Waals surface area contributed by atoms with Gasteiger partial charge in [0.1, 0.15) is 19.8 Å². The van der Waals surface area contributed by atoms with E-state index < -0.39 is 26.5 Å². The molecule has 0 rings (SSSR count). The molecule has 44 heavy (non-hydrogen) atoms. The van der Waals surface area contributed by atoms with Gasteiger partial charge in [0.25, 0.3) is 7.82 Å². The van der Waals surface area contributed by atoms with Crippen molar-refractivity contribution in [1.29, 1.82) is 0 Å². The van der Waals surface area contributed by atoms with E-state index in [9.17, 15) is 19.0 Å². The molecule has 0 fully saturated rings. The third kappa shape index (κ3) is 31.0. The molecule has 0 heterocycles. The number of nitrogens with zero attached hydrogens (tertiary/aromatic N) is 1. The number of likely N-dealkylation sites (N-methyl/N-ethyl adjacent to an activating group) is 1. The molecule has 0 aliphatic carbocycles. The van der Waals surface area contributed by atoms with E-state index in [1.165, 1.54) is 77.0 Å². The lowest BCUT2D eigenvalue weighted by Gasteiger charge is -2.28. The van der Waals surface area contributed by atoms with Gasteiger partial charge in [-0.2, -0.15) is 0 Å². The summed E-state index contributed by atoms with van der Waals surface area (Å²) in [6.07, 6.45) is 23.2. The Morgan fingerprint density at radius 1 is 0.614 bits per heavy atom. The van der Waals surface area contributed by atoms with E-state index in [-0.39, 0.29) is 32.0 Å². The number of carbonyl (C=O) groups excluding carboxylic acids is 2. The first kappa shape index (κ1) is 43.0. The summed E-state index contributed by atoms with van der Waals surface area (Å²) in [5.41, 5.74) is 0. The van der Waals surface area contributed by atoms with Gasteiger partial charge in [-0.25, -0.2) is 0 Å². The van der Waals surface area contributed by atoms with Gasteiger partial charge in [0.15, 0.2) is 6.10 Å². The van der Waals surface area contributed by atoms with Crippen molar-refractivity contribution in [2.45, 2.75) is 161 Å². The summed E-state index contributed by atoms with van der Waals surface area (Å²) in [6, 6.07) is 0. The van der Waals surface area contributed by atoms with Crippen LogP contribution in [0.2, 0.25) is 0 Å². The van der Waals surface area contributed by atoms with Gasteiger partial charge < -0.3 is 27.9 Å². The maximum Gasteiger partial charge on any atom is 0.306 e. The first-order valence-corrected chi connectivity index (χ1v) is 19.2. The van der Waals surface area contributed by atoms with Gasteiger partial charge in [0, 0.05) is 12.8 Å². The van der Waals surface area contributed by atoms with E-state index in [0.29, 0.717) is 17.4 Å². The van der Waals surface area contributed by atoms with Crippen LogP contribution in [0.4, 0.5) is 0 Å². The van der Waals surface area contributed by atoms with E-state index in [4.69, 9.17) is 18.5 Å². The van der Waals surface area contributed by atoms with E-state index in [2.05, 4.69) is 13.8 Å². The highest BCUT2D eigenvalue weighted by Crippen LogP contribution is 2.38. The fourth-order valence-electron chi connectivity index (χ4n) is 4.77. The Bertz CT molecular complexity index is 743. The van der Waals surface area contributed by atoms with Gasteiger partial charge in [-0.3, -0.25) is 14.2 Å². The Labute approximate surface area is 270 Å². The minimum absolute atomic E-state index is 0.0271. The van der Waals surface area contributed by atoms with Crippen LogP contribution in [0.15, 0.2) is 0 Å². The van der Waals surface area contributed by atoms with Gasteiger partial charge in [-0.1, -0.05) is 129 Å². The quantitative estimate of drug-likeness (QED) is 0.0310. The number of quaternary nitrogens is 1. The van der Waals surface area contributed by atoms with E-state index in [1.807, 2.05) is 21.1 Å². The van der Waals surface area contributed by atoms with Crippen LogP contribution >= 0.6 is 7.82 Å². The highest BCUT2D eigenvalue weighted by molar-refractivity contribution is 7.45. The molecule has 0 aliphatic rings. The molecule has 0 aromatic carbocycles. The molecule has 10 heteroatoms. The van der Waals surface area contributed by atoms with Gasteiger partial charge in [0.2, 0.25) is 0 Å². The molecule has 0 aliphatic heterocycles.